The van der Waals surface area contributed by atoms with E-state index >= 15 is 0 Å². The number of nitrogens with one attached hydrogen (secondary N) is 1. The Hall–Kier alpha value is -4.11. The number of carboxylic acid groups (broad SMARTS) is 1. The van der Waals surface area contributed by atoms with Gasteiger partial charge in [-0.1, -0.05) is 78.9 Å². The van der Waals surface area contributed by atoms with E-state index in [1.165, 1.54) is 21.5 Å². The molecule has 0 bridgehead atoms. The van der Waals surface area contributed by atoms with Gasteiger partial charge < -0.3 is 10.4 Å². The molecule has 0 aliphatic carbocycles. The Labute approximate surface area is 175 Å². The Balaban J connectivity index is 0.000000146. The Kier molecular flexibility index (Phi) is 5.72. The fourth-order valence-corrected chi connectivity index (χ4v) is 3.34. The first-order valence-corrected chi connectivity index (χ1v) is 9.73. The summed E-state index contributed by atoms with van der Waals surface area (Å²) in [5, 5.41) is 17.3. The third-order valence-electron chi connectivity index (χ3n) is 4.82. The molecule has 5 aromatic carbocycles. The summed E-state index contributed by atoms with van der Waals surface area (Å²) in [6.07, 6.45) is 0. The lowest BCUT2D eigenvalue weighted by molar-refractivity contribution is 0.0698. The van der Waals surface area contributed by atoms with Crippen molar-refractivity contribution < 1.29 is 9.90 Å². The maximum atomic E-state index is 11.0. The number of carbonyl (C=O) groups is 1. The number of para-hydroxylation sites is 2. The van der Waals surface area contributed by atoms with Crippen LogP contribution in [0.5, 0.6) is 0 Å². The van der Waals surface area contributed by atoms with Crippen LogP contribution in [0.15, 0.2) is 115 Å². The van der Waals surface area contributed by atoms with Crippen molar-refractivity contribution in [3.05, 3.63) is 121 Å². The second kappa shape index (κ2) is 8.93. The summed E-state index contributed by atoms with van der Waals surface area (Å²) >= 11 is 0. The monoisotopic (exact) mass is 391 g/mol. The van der Waals surface area contributed by atoms with E-state index in [9.17, 15) is 4.79 Å². The molecule has 0 spiro atoms. The lowest BCUT2D eigenvalue weighted by Crippen LogP contribution is -2.01. The summed E-state index contributed by atoms with van der Waals surface area (Å²) in [5.41, 5.74) is 1.74. The summed E-state index contributed by atoms with van der Waals surface area (Å²) in [7, 11) is 0. The maximum Gasteiger partial charge on any atom is 0.337 e. The van der Waals surface area contributed by atoms with Crippen molar-refractivity contribution in [2.75, 3.05) is 5.32 Å². The minimum Gasteiger partial charge on any atom is -0.478 e. The first-order valence-electron chi connectivity index (χ1n) is 9.73. The van der Waals surface area contributed by atoms with E-state index in [1.807, 2.05) is 30.3 Å². The summed E-state index contributed by atoms with van der Waals surface area (Å²) < 4.78 is 0. The van der Waals surface area contributed by atoms with Gasteiger partial charge in [0.2, 0.25) is 0 Å². The minimum atomic E-state index is -0.931. The van der Waals surface area contributed by atoms with Crippen LogP contribution in [0.3, 0.4) is 0 Å². The van der Waals surface area contributed by atoms with E-state index < -0.39 is 5.97 Å². The second-order valence-corrected chi connectivity index (χ2v) is 6.89. The molecule has 3 heteroatoms. The van der Waals surface area contributed by atoms with E-state index in [-0.39, 0.29) is 5.56 Å². The lowest BCUT2D eigenvalue weighted by atomic mass is 10.0. The largest absolute Gasteiger partial charge is 0.478 e. The molecule has 30 heavy (non-hydrogen) atoms. The fourth-order valence-electron chi connectivity index (χ4n) is 3.34. The molecule has 0 radical (unpaired) electrons. The van der Waals surface area contributed by atoms with Gasteiger partial charge in [0.25, 0.3) is 0 Å². The van der Waals surface area contributed by atoms with Crippen molar-refractivity contribution in [3.63, 3.8) is 0 Å². The molecule has 0 saturated heterocycles. The highest BCUT2D eigenvalue weighted by Crippen LogP contribution is 2.22. The minimum absolute atomic E-state index is 0.270. The van der Waals surface area contributed by atoms with Gasteiger partial charge in [-0.15, -0.1) is 0 Å². The van der Waals surface area contributed by atoms with Gasteiger partial charge in [0.1, 0.15) is 0 Å². The number of anilines is 2. The molecular weight excluding hydrogens is 370 g/mol. The average Bonchev–Trinajstić information content (AvgIpc) is 2.79. The smallest absolute Gasteiger partial charge is 0.337 e. The van der Waals surface area contributed by atoms with Gasteiger partial charge in [-0.3, -0.25) is 0 Å². The topological polar surface area (TPSA) is 49.3 Å². The SMILES string of the molecule is O=C(O)c1ccccc1Nc1ccccc1.c1ccc2cc3ccccc3cc2c1. The van der Waals surface area contributed by atoms with Crippen LogP contribution in [-0.4, -0.2) is 11.1 Å². The van der Waals surface area contributed by atoms with Gasteiger partial charge in [0, 0.05) is 5.69 Å². The van der Waals surface area contributed by atoms with Crippen LogP contribution in [0.25, 0.3) is 21.5 Å². The quantitative estimate of drug-likeness (QED) is 0.322. The highest BCUT2D eigenvalue weighted by molar-refractivity contribution is 5.98. The summed E-state index contributed by atoms with van der Waals surface area (Å²) in [6.45, 7) is 0. The van der Waals surface area contributed by atoms with Crippen LogP contribution in [-0.2, 0) is 0 Å². The normalized spacial score (nSPS) is 10.3. The average molecular weight is 391 g/mol. The predicted molar refractivity (Wildman–Crippen MR) is 125 cm³/mol. The Morgan fingerprint density at radius 3 is 1.50 bits per heavy atom. The molecule has 146 valence electrons. The van der Waals surface area contributed by atoms with Crippen molar-refractivity contribution in [3.8, 4) is 0 Å². The van der Waals surface area contributed by atoms with Crippen molar-refractivity contribution in [1.29, 1.82) is 0 Å². The van der Waals surface area contributed by atoms with Crippen LogP contribution in [0, 0.1) is 0 Å². The highest BCUT2D eigenvalue weighted by atomic mass is 16.4. The second-order valence-electron chi connectivity index (χ2n) is 6.89. The summed E-state index contributed by atoms with van der Waals surface area (Å²) in [4.78, 5) is 11.0. The number of benzene rings is 5. The molecule has 0 fully saturated rings. The first-order chi connectivity index (χ1) is 14.7. The number of hydrogen-bond donors (Lipinski definition) is 2. The molecule has 0 aliphatic rings. The number of fused-ring (bicyclic) bond motifs is 2. The third-order valence-corrected chi connectivity index (χ3v) is 4.82. The molecule has 2 N–H and O–H groups in total. The molecule has 0 aliphatic heterocycles. The molecule has 5 aromatic rings. The summed E-state index contributed by atoms with van der Waals surface area (Å²) in [6, 6.07) is 37.7. The van der Waals surface area contributed by atoms with E-state index in [4.69, 9.17) is 5.11 Å². The standard InChI is InChI=1S/C14H10.C13H11NO2/c1-2-6-12-10-14-8-4-3-7-13(14)9-11(12)5-1;15-13(16)11-8-4-5-9-12(11)14-10-6-2-1-3-7-10/h1-10H;1-9,14H,(H,15,16). The van der Waals surface area contributed by atoms with E-state index in [2.05, 4.69) is 66.0 Å². The molecule has 5 rings (SSSR count). The zero-order chi connectivity index (χ0) is 20.8. The first kappa shape index (κ1) is 19.2. The van der Waals surface area contributed by atoms with Gasteiger partial charge in [-0.25, -0.2) is 4.79 Å². The van der Waals surface area contributed by atoms with E-state index in [0.717, 1.165) is 5.69 Å². The molecule has 3 nitrogen and oxygen atoms in total. The molecule has 0 heterocycles. The summed E-state index contributed by atoms with van der Waals surface area (Å²) in [5.74, 6) is -0.931. The zero-order valence-corrected chi connectivity index (χ0v) is 16.3. The van der Waals surface area contributed by atoms with Crippen LogP contribution >= 0.6 is 0 Å². The molecule has 0 aromatic heterocycles. The molecule has 0 amide bonds. The Morgan fingerprint density at radius 2 is 1.00 bits per heavy atom. The van der Waals surface area contributed by atoms with Gasteiger partial charge in [-0.2, -0.15) is 0 Å². The third kappa shape index (κ3) is 4.47. The lowest BCUT2D eigenvalue weighted by Gasteiger charge is -2.08. The number of aromatic carboxylic acids is 1. The van der Waals surface area contributed by atoms with Crippen LogP contribution in [0.1, 0.15) is 10.4 Å². The van der Waals surface area contributed by atoms with Gasteiger partial charge >= 0.3 is 5.97 Å². The molecule has 0 atom stereocenters. The van der Waals surface area contributed by atoms with E-state index in [0.29, 0.717) is 5.69 Å². The Morgan fingerprint density at radius 1 is 0.567 bits per heavy atom. The van der Waals surface area contributed by atoms with Crippen LogP contribution in [0.4, 0.5) is 11.4 Å². The predicted octanol–water partition coefficient (Wildman–Crippen LogP) is 7.12. The van der Waals surface area contributed by atoms with Crippen molar-refractivity contribution >= 4 is 38.9 Å². The number of hydrogen-bond acceptors (Lipinski definition) is 2. The molecule has 0 saturated carbocycles. The molecule has 0 unspecified atom stereocenters. The van der Waals surface area contributed by atoms with Gasteiger partial charge in [0.15, 0.2) is 0 Å². The van der Waals surface area contributed by atoms with Crippen molar-refractivity contribution in [2.24, 2.45) is 0 Å². The van der Waals surface area contributed by atoms with Crippen molar-refractivity contribution in [1.82, 2.24) is 0 Å². The highest BCUT2D eigenvalue weighted by Gasteiger charge is 2.08. The Bertz CT molecular complexity index is 1190. The van der Waals surface area contributed by atoms with Crippen molar-refractivity contribution in [2.45, 2.75) is 0 Å². The molecular formula is C27H21NO2. The van der Waals surface area contributed by atoms with Crippen LogP contribution in [0.2, 0.25) is 0 Å². The zero-order valence-electron chi connectivity index (χ0n) is 16.3. The van der Waals surface area contributed by atoms with Crippen LogP contribution < -0.4 is 5.32 Å². The van der Waals surface area contributed by atoms with Gasteiger partial charge in [-0.05, 0) is 57.9 Å². The number of rotatable bonds is 3. The number of carboxylic acids is 1. The van der Waals surface area contributed by atoms with Gasteiger partial charge in [0.05, 0.1) is 11.3 Å². The fraction of sp³-hybridized carbons (Fsp3) is 0. The van der Waals surface area contributed by atoms with E-state index in [1.54, 1.807) is 24.3 Å². The maximum absolute atomic E-state index is 11.0.